The van der Waals surface area contributed by atoms with Gasteiger partial charge in [0.2, 0.25) is 0 Å². The van der Waals surface area contributed by atoms with Crippen molar-refractivity contribution >= 4 is 60.8 Å². The maximum absolute atomic E-state index is 12.7. The molecule has 0 saturated carbocycles. The number of urea groups is 1. The molecule has 0 aliphatic carbocycles. The van der Waals surface area contributed by atoms with Crippen LogP contribution < -0.4 is 30.2 Å². The highest BCUT2D eigenvalue weighted by Crippen LogP contribution is 2.36. The Bertz CT molecular complexity index is 1790. The lowest BCUT2D eigenvalue weighted by atomic mass is 10.2. The minimum atomic E-state index is -0.368. The average molecular weight is 614 g/mol. The van der Waals surface area contributed by atoms with Crippen molar-refractivity contribution in [3.05, 3.63) is 60.4 Å². The lowest BCUT2D eigenvalue weighted by molar-refractivity contribution is 0.254. The van der Waals surface area contributed by atoms with Crippen LogP contribution in [0.4, 0.5) is 27.1 Å². The van der Waals surface area contributed by atoms with Crippen LogP contribution in [0.25, 0.3) is 21.1 Å². The highest BCUT2D eigenvalue weighted by atomic mass is 32.1. The van der Waals surface area contributed by atoms with Gasteiger partial charge in [0.25, 0.3) is 0 Å². The van der Waals surface area contributed by atoms with E-state index in [0.29, 0.717) is 46.2 Å². The van der Waals surface area contributed by atoms with Crippen LogP contribution in [0.5, 0.6) is 17.2 Å². The number of nitrogens with one attached hydrogen (secondary N) is 3. The standard InChI is InChI=1S/C32H35N7O4S/c1-20-7-10-26(41-2)25(15-20)36-31(40)35-21-8-9-23-29(16-21)44-32(37-23)38-30-22-17-27(42-3)28(18-24(22)33-19-34-30)43-14-6-13-39-11-4-5-12-39/h7-10,15-19H,4-6,11-14H2,1-3H3,(H2,35,36,40)(H,33,34,37,38). The number of methoxy groups -OCH3 is 2. The molecule has 0 spiro atoms. The number of aryl methyl sites for hydroxylation is 1. The molecule has 3 N–H and O–H groups in total. The highest BCUT2D eigenvalue weighted by molar-refractivity contribution is 7.22. The van der Waals surface area contributed by atoms with Crippen molar-refractivity contribution in [2.45, 2.75) is 26.2 Å². The molecule has 3 heterocycles. The SMILES string of the molecule is COc1ccc(C)cc1NC(=O)Nc1ccc2nc(Nc3ncnc4cc(OCCCN5CCCC5)c(OC)cc34)sc2c1. The number of carbonyl (C=O) groups excluding carboxylic acids is 1. The van der Waals surface area contributed by atoms with E-state index in [2.05, 4.69) is 30.8 Å². The van der Waals surface area contributed by atoms with E-state index in [1.54, 1.807) is 14.2 Å². The molecule has 0 bridgehead atoms. The van der Waals surface area contributed by atoms with Crippen LogP contribution in [0.3, 0.4) is 0 Å². The fourth-order valence-electron chi connectivity index (χ4n) is 5.27. The second-order valence-corrected chi connectivity index (χ2v) is 11.6. The predicted octanol–water partition coefficient (Wildman–Crippen LogP) is 6.82. The number of nitrogens with zero attached hydrogens (tertiary/aromatic N) is 4. The van der Waals surface area contributed by atoms with Gasteiger partial charge < -0.3 is 35.1 Å². The third kappa shape index (κ3) is 6.76. The van der Waals surface area contributed by atoms with Crippen LogP contribution in [-0.4, -0.2) is 66.3 Å². The smallest absolute Gasteiger partial charge is 0.323 e. The molecule has 6 rings (SSSR count). The monoisotopic (exact) mass is 613 g/mol. The summed E-state index contributed by atoms with van der Waals surface area (Å²) in [4.78, 5) is 28.9. The van der Waals surface area contributed by atoms with Crippen molar-refractivity contribution in [2.75, 3.05) is 56.4 Å². The van der Waals surface area contributed by atoms with Crippen molar-refractivity contribution in [1.82, 2.24) is 19.9 Å². The number of hydrogen-bond donors (Lipinski definition) is 3. The third-order valence-electron chi connectivity index (χ3n) is 7.47. The van der Waals surface area contributed by atoms with Crippen molar-refractivity contribution in [1.29, 1.82) is 0 Å². The summed E-state index contributed by atoms with van der Waals surface area (Å²) >= 11 is 1.46. The first-order valence-corrected chi connectivity index (χ1v) is 15.4. The minimum absolute atomic E-state index is 0.368. The molecule has 5 aromatic rings. The average Bonchev–Trinajstić information content (AvgIpc) is 3.68. The van der Waals surface area contributed by atoms with Gasteiger partial charge in [-0.05, 0) is 81.2 Å². The molecule has 0 atom stereocenters. The quantitative estimate of drug-likeness (QED) is 0.138. The third-order valence-corrected chi connectivity index (χ3v) is 8.40. The molecule has 1 aliphatic rings. The molecule has 228 valence electrons. The van der Waals surface area contributed by atoms with Gasteiger partial charge >= 0.3 is 6.03 Å². The maximum atomic E-state index is 12.7. The van der Waals surface area contributed by atoms with Crippen molar-refractivity contribution in [3.63, 3.8) is 0 Å². The Hall–Kier alpha value is -4.68. The van der Waals surface area contributed by atoms with Gasteiger partial charge in [-0.2, -0.15) is 0 Å². The first-order chi connectivity index (χ1) is 21.5. The van der Waals surface area contributed by atoms with Crippen LogP contribution >= 0.6 is 11.3 Å². The summed E-state index contributed by atoms with van der Waals surface area (Å²) in [7, 11) is 3.20. The van der Waals surface area contributed by atoms with E-state index in [1.807, 2.05) is 55.5 Å². The van der Waals surface area contributed by atoms with E-state index in [-0.39, 0.29) is 6.03 Å². The second-order valence-electron chi connectivity index (χ2n) is 10.6. The number of aromatic nitrogens is 3. The number of thiazole rings is 1. The van der Waals surface area contributed by atoms with E-state index in [0.717, 1.165) is 39.6 Å². The number of ether oxygens (including phenoxy) is 3. The molecule has 2 aromatic heterocycles. The Morgan fingerprint density at radius 2 is 1.77 bits per heavy atom. The van der Waals surface area contributed by atoms with Crippen LogP contribution in [0, 0.1) is 6.92 Å². The summed E-state index contributed by atoms with van der Waals surface area (Å²) in [6.45, 7) is 5.97. The Labute approximate surface area is 259 Å². The van der Waals surface area contributed by atoms with Crippen LogP contribution in [0.15, 0.2) is 54.9 Å². The minimum Gasteiger partial charge on any atom is -0.495 e. The van der Waals surface area contributed by atoms with Gasteiger partial charge in [0, 0.05) is 23.7 Å². The summed E-state index contributed by atoms with van der Waals surface area (Å²) in [6.07, 6.45) is 5.05. The second kappa shape index (κ2) is 13.3. The van der Waals surface area contributed by atoms with E-state index in [4.69, 9.17) is 19.2 Å². The Kier molecular flexibility index (Phi) is 8.89. The van der Waals surface area contributed by atoms with Gasteiger partial charge in [0.15, 0.2) is 16.6 Å². The largest absolute Gasteiger partial charge is 0.495 e. The molecule has 2 amide bonds. The van der Waals surface area contributed by atoms with Crippen LogP contribution in [-0.2, 0) is 0 Å². The van der Waals surface area contributed by atoms with E-state index in [9.17, 15) is 4.79 Å². The summed E-state index contributed by atoms with van der Waals surface area (Å²) in [5.41, 5.74) is 3.78. The van der Waals surface area contributed by atoms with Crippen molar-refractivity contribution in [2.24, 2.45) is 0 Å². The lowest BCUT2D eigenvalue weighted by Gasteiger charge is -2.16. The first kappa shape index (κ1) is 29.4. The normalized spacial score (nSPS) is 13.2. The number of fused-ring (bicyclic) bond motifs is 2. The molecular formula is C32H35N7O4S. The zero-order valence-corrected chi connectivity index (χ0v) is 25.8. The number of benzene rings is 3. The number of rotatable bonds is 11. The zero-order valence-electron chi connectivity index (χ0n) is 25.0. The molecule has 11 nitrogen and oxygen atoms in total. The van der Waals surface area contributed by atoms with Crippen molar-refractivity contribution in [3.8, 4) is 17.2 Å². The molecular weight excluding hydrogens is 578 g/mol. The maximum Gasteiger partial charge on any atom is 0.323 e. The van der Waals surface area contributed by atoms with Gasteiger partial charge in [0.05, 0.1) is 42.2 Å². The number of carbonyl (C=O) groups is 1. The topological polar surface area (TPSA) is 123 Å². The van der Waals surface area contributed by atoms with Gasteiger partial charge in [0.1, 0.15) is 17.9 Å². The summed E-state index contributed by atoms with van der Waals surface area (Å²) < 4.78 is 18.0. The lowest BCUT2D eigenvalue weighted by Crippen LogP contribution is -2.21. The fourth-order valence-corrected chi connectivity index (χ4v) is 6.18. The molecule has 1 aliphatic heterocycles. The van der Waals surface area contributed by atoms with Gasteiger partial charge in [-0.3, -0.25) is 0 Å². The van der Waals surface area contributed by atoms with E-state index in [1.165, 1.54) is 43.6 Å². The number of anilines is 4. The van der Waals surface area contributed by atoms with Crippen LogP contribution in [0.1, 0.15) is 24.8 Å². The summed E-state index contributed by atoms with van der Waals surface area (Å²) in [5.74, 6) is 2.48. The van der Waals surface area contributed by atoms with Crippen molar-refractivity contribution < 1.29 is 19.0 Å². The predicted molar refractivity (Wildman–Crippen MR) is 175 cm³/mol. The number of hydrogen-bond acceptors (Lipinski definition) is 10. The Morgan fingerprint density at radius 1 is 0.932 bits per heavy atom. The molecule has 44 heavy (non-hydrogen) atoms. The van der Waals surface area contributed by atoms with Crippen LogP contribution in [0.2, 0.25) is 0 Å². The van der Waals surface area contributed by atoms with Gasteiger partial charge in [-0.25, -0.2) is 19.7 Å². The Morgan fingerprint density at radius 3 is 2.59 bits per heavy atom. The zero-order chi connectivity index (χ0) is 30.5. The Balaban J connectivity index is 1.14. The van der Waals surface area contributed by atoms with Gasteiger partial charge in [-0.15, -0.1) is 0 Å². The fraction of sp³-hybridized carbons (Fsp3) is 0.312. The highest BCUT2D eigenvalue weighted by Gasteiger charge is 2.15. The molecule has 3 aromatic carbocycles. The van der Waals surface area contributed by atoms with Gasteiger partial charge in [-0.1, -0.05) is 17.4 Å². The summed E-state index contributed by atoms with van der Waals surface area (Å²) in [5, 5.41) is 10.5. The molecule has 0 radical (unpaired) electrons. The molecule has 12 heteroatoms. The number of amides is 2. The summed E-state index contributed by atoms with van der Waals surface area (Å²) in [6, 6.07) is 14.6. The first-order valence-electron chi connectivity index (χ1n) is 14.6. The molecule has 1 fully saturated rings. The van der Waals surface area contributed by atoms with E-state index >= 15 is 0 Å². The molecule has 0 unspecified atom stereocenters. The molecule has 1 saturated heterocycles. The number of likely N-dealkylation sites (tertiary alicyclic amines) is 1. The van der Waals surface area contributed by atoms with E-state index < -0.39 is 0 Å².